The Morgan fingerprint density at radius 2 is 2.00 bits per heavy atom. The van der Waals surface area contributed by atoms with Gasteiger partial charge in [0, 0.05) is 5.56 Å². The Kier molecular flexibility index (Phi) is 4.85. The molecule has 2 N–H and O–H groups in total. The van der Waals surface area contributed by atoms with E-state index >= 15 is 0 Å². The largest absolute Gasteiger partial charge is 0.463 e. The van der Waals surface area contributed by atoms with Gasteiger partial charge >= 0.3 is 0 Å². The van der Waals surface area contributed by atoms with Gasteiger partial charge in [0.25, 0.3) is 12.4 Å². The van der Waals surface area contributed by atoms with Crippen molar-refractivity contribution in [2.45, 2.75) is 26.0 Å². The van der Waals surface area contributed by atoms with Crippen LogP contribution in [0.15, 0.2) is 24.3 Å². The maximum atomic E-state index is 11.8. The summed E-state index contributed by atoms with van der Waals surface area (Å²) in [6.45, 7) is 3.90. The van der Waals surface area contributed by atoms with Crippen LogP contribution < -0.4 is 5.32 Å². The highest BCUT2D eigenvalue weighted by atomic mass is 16.5. The molecule has 98 valence electrons. The third-order valence-corrected chi connectivity index (χ3v) is 2.38. The van der Waals surface area contributed by atoms with E-state index in [0.29, 0.717) is 12.0 Å². The lowest BCUT2D eigenvalue weighted by Crippen LogP contribution is -2.46. The van der Waals surface area contributed by atoms with Crippen LogP contribution in [0.25, 0.3) is 0 Å². The first-order valence-corrected chi connectivity index (χ1v) is 5.56. The number of aliphatic hydroxyl groups excluding tert-OH is 1. The van der Waals surface area contributed by atoms with E-state index in [1.54, 1.807) is 38.1 Å². The number of hydrogen-bond acceptors (Lipinski definition) is 4. The average molecular weight is 251 g/mol. The molecule has 0 unspecified atom stereocenters. The fourth-order valence-electron chi connectivity index (χ4n) is 1.30. The van der Waals surface area contributed by atoms with E-state index in [1.807, 2.05) is 0 Å². The molecule has 0 saturated carbocycles. The van der Waals surface area contributed by atoms with Crippen LogP contribution in [0.2, 0.25) is 0 Å². The summed E-state index contributed by atoms with van der Waals surface area (Å²) in [6.07, 6.45) is 0. The molecule has 0 heterocycles. The van der Waals surface area contributed by atoms with Gasteiger partial charge in [-0.2, -0.15) is 0 Å². The molecule has 18 heavy (non-hydrogen) atoms. The number of hydrogen-bond donors (Lipinski definition) is 2. The van der Waals surface area contributed by atoms with Crippen molar-refractivity contribution >= 4 is 12.4 Å². The van der Waals surface area contributed by atoms with Crippen LogP contribution in [0.4, 0.5) is 0 Å². The summed E-state index contributed by atoms with van der Waals surface area (Å²) in [5, 5.41) is 11.8. The third-order valence-electron chi connectivity index (χ3n) is 2.38. The quantitative estimate of drug-likeness (QED) is 0.735. The van der Waals surface area contributed by atoms with Crippen molar-refractivity contribution in [2.75, 3.05) is 6.61 Å². The van der Waals surface area contributed by atoms with Crippen molar-refractivity contribution in [3.8, 4) is 0 Å². The normalized spacial score (nSPS) is 10.8. The first kappa shape index (κ1) is 14.2. The molecular weight excluding hydrogens is 234 g/mol. The predicted molar refractivity (Wildman–Crippen MR) is 65.9 cm³/mol. The molecule has 0 aliphatic heterocycles. The highest BCUT2D eigenvalue weighted by Gasteiger charge is 2.19. The highest BCUT2D eigenvalue weighted by molar-refractivity contribution is 5.94. The Labute approximate surface area is 106 Å². The molecule has 0 aromatic heterocycles. The van der Waals surface area contributed by atoms with Gasteiger partial charge in [-0.3, -0.25) is 9.59 Å². The van der Waals surface area contributed by atoms with Crippen molar-refractivity contribution in [3.05, 3.63) is 35.4 Å². The predicted octanol–water partition coefficient (Wildman–Crippen LogP) is 0.860. The van der Waals surface area contributed by atoms with Gasteiger partial charge in [-0.05, 0) is 31.5 Å². The minimum Gasteiger partial charge on any atom is -0.463 e. The summed E-state index contributed by atoms with van der Waals surface area (Å²) in [7, 11) is 0. The molecule has 0 spiro atoms. The van der Waals surface area contributed by atoms with Crippen molar-refractivity contribution in [3.63, 3.8) is 0 Å². The van der Waals surface area contributed by atoms with Crippen LogP contribution in [0.3, 0.4) is 0 Å². The number of amides is 1. The lowest BCUT2D eigenvalue weighted by molar-refractivity contribution is -0.129. The maximum absolute atomic E-state index is 11.8. The summed E-state index contributed by atoms with van der Waals surface area (Å²) in [6, 6.07) is 6.72. The molecule has 1 rings (SSSR count). The Morgan fingerprint density at radius 1 is 1.39 bits per heavy atom. The number of carbonyl (C=O) groups is 2. The molecule has 0 atom stereocenters. The summed E-state index contributed by atoms with van der Waals surface area (Å²) < 4.78 is 4.60. The topological polar surface area (TPSA) is 75.6 Å². The number of ether oxygens (including phenoxy) is 1. The van der Waals surface area contributed by atoms with Crippen LogP contribution >= 0.6 is 0 Å². The summed E-state index contributed by atoms with van der Waals surface area (Å²) in [5.74, 6) is -0.253. The Balaban J connectivity index is 2.67. The van der Waals surface area contributed by atoms with Crippen molar-refractivity contribution in [1.29, 1.82) is 0 Å². The van der Waals surface area contributed by atoms with Crippen LogP contribution in [0, 0.1) is 0 Å². The standard InChI is InChI=1S/C13H17NO4/c1-13(2,8-15)14-12(17)11-5-3-10(4-6-11)7-18-9-16/h3-6,9,15H,7-8H2,1-2H3,(H,14,17). The van der Waals surface area contributed by atoms with Gasteiger partial charge in [-0.1, -0.05) is 12.1 Å². The van der Waals surface area contributed by atoms with Gasteiger partial charge in [0.1, 0.15) is 6.61 Å². The number of rotatable bonds is 6. The average Bonchev–Trinajstić information content (AvgIpc) is 2.36. The number of benzene rings is 1. The number of carbonyl (C=O) groups excluding carboxylic acids is 2. The zero-order chi connectivity index (χ0) is 13.6. The van der Waals surface area contributed by atoms with Crippen LogP contribution in [0.5, 0.6) is 0 Å². The second kappa shape index (κ2) is 6.16. The third kappa shape index (κ3) is 4.18. The van der Waals surface area contributed by atoms with E-state index in [0.717, 1.165) is 5.56 Å². The molecular formula is C13H17NO4. The molecule has 0 fully saturated rings. The lowest BCUT2D eigenvalue weighted by Gasteiger charge is -2.23. The number of aliphatic hydroxyl groups is 1. The van der Waals surface area contributed by atoms with Gasteiger partial charge in [0.05, 0.1) is 12.1 Å². The van der Waals surface area contributed by atoms with E-state index in [9.17, 15) is 9.59 Å². The first-order chi connectivity index (χ1) is 8.48. The molecule has 0 aliphatic carbocycles. The van der Waals surface area contributed by atoms with E-state index in [-0.39, 0.29) is 19.1 Å². The van der Waals surface area contributed by atoms with E-state index in [2.05, 4.69) is 10.1 Å². The molecule has 1 aromatic carbocycles. The van der Waals surface area contributed by atoms with Gasteiger partial charge in [0.2, 0.25) is 0 Å². The second-order valence-corrected chi connectivity index (χ2v) is 4.60. The SMILES string of the molecule is CC(C)(CO)NC(=O)c1ccc(COC=O)cc1. The van der Waals surface area contributed by atoms with Crippen molar-refractivity contribution in [1.82, 2.24) is 5.32 Å². The number of nitrogens with one attached hydrogen (secondary N) is 1. The molecule has 0 aliphatic rings. The lowest BCUT2D eigenvalue weighted by atomic mass is 10.1. The summed E-state index contributed by atoms with van der Waals surface area (Å²) in [4.78, 5) is 21.9. The molecule has 0 radical (unpaired) electrons. The fraction of sp³-hybridized carbons (Fsp3) is 0.385. The van der Waals surface area contributed by atoms with Crippen LogP contribution in [-0.2, 0) is 16.1 Å². The zero-order valence-electron chi connectivity index (χ0n) is 10.5. The molecule has 5 heteroatoms. The molecule has 1 aromatic rings. The molecule has 1 amide bonds. The van der Waals surface area contributed by atoms with Crippen LogP contribution in [-0.4, -0.2) is 29.6 Å². The monoisotopic (exact) mass is 251 g/mol. The summed E-state index contributed by atoms with van der Waals surface area (Å²) >= 11 is 0. The second-order valence-electron chi connectivity index (χ2n) is 4.60. The minimum absolute atomic E-state index is 0.135. The Hall–Kier alpha value is -1.88. The van der Waals surface area contributed by atoms with Crippen molar-refractivity contribution in [2.24, 2.45) is 0 Å². The van der Waals surface area contributed by atoms with Gasteiger partial charge < -0.3 is 15.2 Å². The van der Waals surface area contributed by atoms with Gasteiger partial charge in [-0.15, -0.1) is 0 Å². The van der Waals surface area contributed by atoms with Crippen LogP contribution in [0.1, 0.15) is 29.8 Å². The Bertz CT molecular complexity index is 412. The first-order valence-electron chi connectivity index (χ1n) is 5.56. The minimum atomic E-state index is -0.656. The molecule has 0 saturated heterocycles. The highest BCUT2D eigenvalue weighted by Crippen LogP contribution is 2.08. The van der Waals surface area contributed by atoms with Gasteiger partial charge in [0.15, 0.2) is 0 Å². The smallest absolute Gasteiger partial charge is 0.293 e. The van der Waals surface area contributed by atoms with Gasteiger partial charge in [-0.25, -0.2) is 0 Å². The van der Waals surface area contributed by atoms with E-state index in [4.69, 9.17) is 5.11 Å². The zero-order valence-corrected chi connectivity index (χ0v) is 10.5. The molecule has 5 nitrogen and oxygen atoms in total. The van der Waals surface area contributed by atoms with E-state index in [1.165, 1.54) is 0 Å². The summed E-state index contributed by atoms with van der Waals surface area (Å²) in [5.41, 5.74) is 0.641. The molecule has 0 bridgehead atoms. The fourth-order valence-corrected chi connectivity index (χ4v) is 1.30. The maximum Gasteiger partial charge on any atom is 0.293 e. The Morgan fingerprint density at radius 3 is 2.50 bits per heavy atom. The van der Waals surface area contributed by atoms with Crippen molar-refractivity contribution < 1.29 is 19.4 Å². The van der Waals surface area contributed by atoms with E-state index < -0.39 is 5.54 Å².